The molecule has 0 aliphatic rings. The van der Waals surface area contributed by atoms with Crippen LogP contribution in [0, 0.1) is 5.82 Å². The fourth-order valence-electron chi connectivity index (χ4n) is 1.28. The minimum Gasteiger partial charge on any atom is -0.493 e. The fourth-order valence-corrected chi connectivity index (χ4v) is 1.60. The van der Waals surface area contributed by atoms with E-state index in [1.807, 2.05) is 0 Å². The molecule has 0 aliphatic heterocycles. The zero-order chi connectivity index (χ0) is 11.6. The van der Waals surface area contributed by atoms with Gasteiger partial charge in [0.2, 0.25) is 0 Å². The van der Waals surface area contributed by atoms with E-state index in [2.05, 4.69) is 0 Å². The highest BCUT2D eigenvalue weighted by Crippen LogP contribution is 2.35. The number of benzene rings is 1. The predicted molar refractivity (Wildman–Crippen MR) is 54.0 cm³/mol. The van der Waals surface area contributed by atoms with Crippen molar-refractivity contribution in [3.05, 3.63) is 28.5 Å². The quantitative estimate of drug-likeness (QED) is 0.872. The molecule has 1 N–H and O–H groups in total. The molecule has 0 radical (unpaired) electrons. The van der Waals surface area contributed by atoms with Crippen molar-refractivity contribution in [3.8, 4) is 5.75 Å². The van der Waals surface area contributed by atoms with Crippen molar-refractivity contribution in [3.63, 3.8) is 0 Å². The van der Waals surface area contributed by atoms with Gasteiger partial charge in [-0.3, -0.25) is 4.79 Å². The van der Waals surface area contributed by atoms with Gasteiger partial charge >= 0.3 is 5.97 Å². The highest BCUT2D eigenvalue weighted by Gasteiger charge is 2.23. The van der Waals surface area contributed by atoms with E-state index in [1.54, 1.807) is 0 Å². The second kappa shape index (κ2) is 4.49. The van der Waals surface area contributed by atoms with E-state index in [4.69, 9.17) is 21.4 Å². The van der Waals surface area contributed by atoms with Crippen molar-refractivity contribution in [2.75, 3.05) is 7.11 Å². The van der Waals surface area contributed by atoms with Gasteiger partial charge in [-0.15, -0.1) is 0 Å². The Labute approximate surface area is 91.4 Å². The third kappa shape index (κ3) is 2.21. The van der Waals surface area contributed by atoms with Crippen LogP contribution in [0.2, 0.25) is 5.02 Å². The maximum Gasteiger partial charge on any atom is 0.310 e. The molecule has 1 unspecified atom stereocenters. The van der Waals surface area contributed by atoms with Gasteiger partial charge in [-0.2, -0.15) is 0 Å². The summed E-state index contributed by atoms with van der Waals surface area (Å²) in [6.45, 7) is 1.42. The van der Waals surface area contributed by atoms with Crippen molar-refractivity contribution in [1.29, 1.82) is 0 Å². The van der Waals surface area contributed by atoms with Crippen molar-refractivity contribution in [2.24, 2.45) is 0 Å². The van der Waals surface area contributed by atoms with Crippen LogP contribution in [-0.2, 0) is 4.79 Å². The summed E-state index contributed by atoms with van der Waals surface area (Å²) >= 11 is 5.81. The Morgan fingerprint density at radius 1 is 1.60 bits per heavy atom. The van der Waals surface area contributed by atoms with Crippen LogP contribution < -0.4 is 4.74 Å². The van der Waals surface area contributed by atoms with Crippen LogP contribution in [0.3, 0.4) is 0 Å². The van der Waals surface area contributed by atoms with E-state index in [1.165, 1.54) is 20.1 Å². The minimum absolute atomic E-state index is 0.114. The van der Waals surface area contributed by atoms with Gasteiger partial charge < -0.3 is 9.84 Å². The van der Waals surface area contributed by atoms with E-state index in [0.717, 1.165) is 6.07 Å². The number of methoxy groups -OCH3 is 1. The van der Waals surface area contributed by atoms with Crippen LogP contribution in [-0.4, -0.2) is 18.2 Å². The molecule has 1 rings (SSSR count). The van der Waals surface area contributed by atoms with Gasteiger partial charge in [0.1, 0.15) is 0 Å². The van der Waals surface area contributed by atoms with Crippen LogP contribution in [0.15, 0.2) is 12.1 Å². The maximum absolute atomic E-state index is 13.3. The fraction of sp³-hybridized carbons (Fsp3) is 0.300. The zero-order valence-corrected chi connectivity index (χ0v) is 9.01. The lowest BCUT2D eigenvalue weighted by Crippen LogP contribution is -2.10. The van der Waals surface area contributed by atoms with Gasteiger partial charge in [0, 0.05) is 10.6 Å². The number of hydrogen-bond donors (Lipinski definition) is 1. The van der Waals surface area contributed by atoms with Gasteiger partial charge in [0.05, 0.1) is 13.0 Å². The first-order chi connectivity index (χ1) is 6.99. The first-order valence-corrected chi connectivity index (χ1v) is 4.61. The van der Waals surface area contributed by atoms with Gasteiger partial charge in [-0.05, 0) is 19.1 Å². The summed E-state index contributed by atoms with van der Waals surface area (Å²) in [6.07, 6.45) is 0. The number of ether oxygens (including phenoxy) is 1. The Kier molecular flexibility index (Phi) is 3.52. The zero-order valence-electron chi connectivity index (χ0n) is 8.25. The molecule has 0 heterocycles. The molecule has 82 valence electrons. The first-order valence-electron chi connectivity index (χ1n) is 4.23. The molecule has 0 saturated carbocycles. The molecular formula is C10H10ClFO3. The van der Waals surface area contributed by atoms with E-state index in [-0.39, 0.29) is 16.3 Å². The highest BCUT2D eigenvalue weighted by molar-refractivity contribution is 6.31. The van der Waals surface area contributed by atoms with Gasteiger partial charge in [-0.1, -0.05) is 11.6 Å². The monoisotopic (exact) mass is 232 g/mol. The molecule has 0 aliphatic carbocycles. The van der Waals surface area contributed by atoms with Crippen LogP contribution in [0.1, 0.15) is 18.4 Å². The van der Waals surface area contributed by atoms with Gasteiger partial charge in [-0.25, -0.2) is 4.39 Å². The standard InChI is InChI=1S/C10H10ClFO3/c1-5(10(13)14)8-6(11)3-4-7(12)9(8)15-2/h3-5H,1-2H3,(H,13,14). The summed E-state index contributed by atoms with van der Waals surface area (Å²) in [4.78, 5) is 10.8. The first kappa shape index (κ1) is 11.8. The van der Waals surface area contributed by atoms with Gasteiger partial charge in [0.15, 0.2) is 11.6 Å². The summed E-state index contributed by atoms with van der Waals surface area (Å²) in [5.41, 5.74) is 0.159. The van der Waals surface area contributed by atoms with Crippen molar-refractivity contribution >= 4 is 17.6 Å². The summed E-state index contributed by atoms with van der Waals surface area (Å²) in [5, 5.41) is 9.02. The SMILES string of the molecule is COc1c(F)ccc(Cl)c1C(C)C(=O)O. The smallest absolute Gasteiger partial charge is 0.310 e. The molecule has 0 saturated heterocycles. The molecule has 0 bridgehead atoms. The molecule has 1 aromatic rings. The molecule has 3 nitrogen and oxygen atoms in total. The molecule has 15 heavy (non-hydrogen) atoms. The number of aliphatic carboxylic acids is 1. The van der Waals surface area contributed by atoms with Crippen molar-refractivity contribution in [1.82, 2.24) is 0 Å². The van der Waals surface area contributed by atoms with Crippen LogP contribution in [0.4, 0.5) is 4.39 Å². The lowest BCUT2D eigenvalue weighted by molar-refractivity contribution is -0.138. The number of hydrogen-bond acceptors (Lipinski definition) is 2. The summed E-state index contributed by atoms with van der Waals surface area (Å²) in [7, 11) is 1.27. The molecule has 0 fully saturated rings. The number of carboxylic acid groups (broad SMARTS) is 1. The maximum atomic E-state index is 13.3. The average Bonchev–Trinajstić information content (AvgIpc) is 2.19. The summed E-state index contributed by atoms with van der Waals surface area (Å²) in [6, 6.07) is 2.45. The van der Waals surface area contributed by atoms with Gasteiger partial charge in [0.25, 0.3) is 0 Å². The van der Waals surface area contributed by atoms with Crippen LogP contribution >= 0.6 is 11.6 Å². The number of carboxylic acids is 1. The number of carbonyl (C=O) groups is 1. The largest absolute Gasteiger partial charge is 0.493 e. The second-order valence-corrected chi connectivity index (χ2v) is 3.44. The number of rotatable bonds is 3. The lowest BCUT2D eigenvalue weighted by Gasteiger charge is -2.14. The molecule has 0 spiro atoms. The van der Waals surface area contributed by atoms with E-state index in [9.17, 15) is 9.18 Å². The third-order valence-corrected chi connectivity index (χ3v) is 2.43. The van der Waals surface area contributed by atoms with E-state index in [0.29, 0.717) is 0 Å². The molecular weight excluding hydrogens is 223 g/mol. The third-order valence-electron chi connectivity index (χ3n) is 2.10. The van der Waals surface area contributed by atoms with E-state index < -0.39 is 17.7 Å². The van der Waals surface area contributed by atoms with Crippen LogP contribution in [0.5, 0.6) is 5.75 Å². The Morgan fingerprint density at radius 2 is 2.20 bits per heavy atom. The predicted octanol–water partition coefficient (Wildman–Crippen LogP) is 2.68. The number of halogens is 2. The Morgan fingerprint density at radius 3 is 2.67 bits per heavy atom. The van der Waals surface area contributed by atoms with Crippen molar-refractivity contribution in [2.45, 2.75) is 12.8 Å². The average molecular weight is 233 g/mol. The Bertz CT molecular complexity index is 392. The minimum atomic E-state index is -1.08. The topological polar surface area (TPSA) is 46.5 Å². The summed E-state index contributed by atoms with van der Waals surface area (Å²) in [5.74, 6) is -2.73. The normalized spacial score (nSPS) is 12.3. The molecule has 0 aromatic heterocycles. The Balaban J connectivity index is 3.37. The highest BCUT2D eigenvalue weighted by atomic mass is 35.5. The van der Waals surface area contributed by atoms with Crippen molar-refractivity contribution < 1.29 is 19.0 Å². The van der Waals surface area contributed by atoms with E-state index >= 15 is 0 Å². The second-order valence-electron chi connectivity index (χ2n) is 3.04. The van der Waals surface area contributed by atoms with Crippen LogP contribution in [0.25, 0.3) is 0 Å². The lowest BCUT2D eigenvalue weighted by atomic mass is 10.00. The summed E-state index contributed by atoms with van der Waals surface area (Å²) < 4.78 is 18.1. The molecule has 5 heteroatoms. The Hall–Kier alpha value is -1.29. The molecule has 1 aromatic carbocycles. The molecule has 1 atom stereocenters. The molecule has 0 amide bonds.